The van der Waals surface area contributed by atoms with Crippen molar-refractivity contribution in [1.29, 1.82) is 5.26 Å². The first-order valence-corrected chi connectivity index (χ1v) is 12.7. The molecule has 0 radical (unpaired) electrons. The molecule has 2 amide bonds. The molecule has 2 aliphatic carbocycles. The summed E-state index contributed by atoms with van der Waals surface area (Å²) in [5.41, 5.74) is 3.09. The lowest BCUT2D eigenvalue weighted by molar-refractivity contribution is 0.0159. The van der Waals surface area contributed by atoms with Gasteiger partial charge in [0.05, 0.1) is 17.2 Å². The topological polar surface area (TPSA) is 50.6 Å². The molecule has 2 aromatic rings. The van der Waals surface area contributed by atoms with E-state index in [0.29, 0.717) is 18.0 Å². The quantitative estimate of drug-likeness (QED) is 0.587. The van der Waals surface area contributed by atoms with Crippen molar-refractivity contribution in [3.63, 3.8) is 0 Å². The number of urea groups is 1. The highest BCUT2D eigenvalue weighted by molar-refractivity contribution is 5.78. The minimum absolute atomic E-state index is 0.0260. The number of carbonyl (C=O) groups excluding carboxylic acids is 1. The molecule has 1 saturated heterocycles. The van der Waals surface area contributed by atoms with Crippen molar-refractivity contribution in [2.45, 2.75) is 62.6 Å². The SMILES string of the molecule is CN(C)[C@]1(c2ccccc2)CC[C@]2(CC1)CN(Cc1ccc(C#N)cc1)C(=O)N2CC1CCC1. The summed E-state index contributed by atoms with van der Waals surface area (Å²) in [5, 5.41) is 9.11. The lowest BCUT2D eigenvalue weighted by Gasteiger charge is -2.51. The summed E-state index contributed by atoms with van der Waals surface area (Å²) in [6.07, 6.45) is 7.98. The zero-order chi connectivity index (χ0) is 23.8. The number of carbonyl (C=O) groups is 1. The Morgan fingerprint density at radius 1 is 1.00 bits per heavy atom. The molecule has 5 rings (SSSR count). The Kier molecular flexibility index (Phi) is 6.12. The molecule has 0 atom stereocenters. The first kappa shape index (κ1) is 22.9. The molecule has 5 nitrogen and oxygen atoms in total. The van der Waals surface area contributed by atoms with Gasteiger partial charge in [-0.3, -0.25) is 4.90 Å². The molecule has 0 aromatic heterocycles. The summed E-state index contributed by atoms with van der Waals surface area (Å²) in [6.45, 7) is 2.32. The third-order valence-electron chi connectivity index (χ3n) is 8.86. The van der Waals surface area contributed by atoms with Gasteiger partial charge in [-0.1, -0.05) is 48.9 Å². The molecule has 2 aromatic carbocycles. The number of hydrogen-bond donors (Lipinski definition) is 0. The van der Waals surface area contributed by atoms with Crippen molar-refractivity contribution in [2.75, 3.05) is 27.2 Å². The van der Waals surface area contributed by atoms with Gasteiger partial charge in [-0.15, -0.1) is 0 Å². The van der Waals surface area contributed by atoms with E-state index in [1.54, 1.807) is 0 Å². The number of nitriles is 1. The Morgan fingerprint density at radius 2 is 1.68 bits per heavy atom. The van der Waals surface area contributed by atoms with E-state index in [9.17, 15) is 4.79 Å². The van der Waals surface area contributed by atoms with Gasteiger partial charge in [0.25, 0.3) is 0 Å². The molecule has 3 aliphatic rings. The average molecular weight is 457 g/mol. The smallest absolute Gasteiger partial charge is 0.318 e. The molecule has 1 heterocycles. The van der Waals surface area contributed by atoms with Crippen molar-refractivity contribution in [1.82, 2.24) is 14.7 Å². The Hall–Kier alpha value is -2.84. The van der Waals surface area contributed by atoms with Crippen LogP contribution in [0, 0.1) is 17.2 Å². The highest BCUT2D eigenvalue weighted by Gasteiger charge is 2.54. The number of rotatable bonds is 6. The summed E-state index contributed by atoms with van der Waals surface area (Å²) in [4.78, 5) is 20.5. The maximum Gasteiger partial charge on any atom is 0.320 e. The van der Waals surface area contributed by atoms with Gasteiger partial charge in [0, 0.05) is 25.2 Å². The predicted octanol–water partition coefficient (Wildman–Crippen LogP) is 5.37. The molecule has 0 bridgehead atoms. The zero-order valence-electron chi connectivity index (χ0n) is 20.5. The van der Waals surface area contributed by atoms with Crippen LogP contribution >= 0.6 is 0 Å². The molecule has 178 valence electrons. The molecule has 2 saturated carbocycles. The van der Waals surface area contributed by atoms with Gasteiger partial charge >= 0.3 is 6.03 Å². The van der Waals surface area contributed by atoms with Gasteiger partial charge in [0.1, 0.15) is 0 Å². The summed E-state index contributed by atoms with van der Waals surface area (Å²) in [5.74, 6) is 0.658. The van der Waals surface area contributed by atoms with Crippen molar-refractivity contribution in [3.8, 4) is 6.07 Å². The highest BCUT2D eigenvalue weighted by Crippen LogP contribution is 2.49. The van der Waals surface area contributed by atoms with E-state index in [1.807, 2.05) is 24.3 Å². The predicted molar refractivity (Wildman–Crippen MR) is 134 cm³/mol. The van der Waals surface area contributed by atoms with Gasteiger partial charge in [-0.05, 0) is 81.8 Å². The summed E-state index contributed by atoms with van der Waals surface area (Å²) >= 11 is 0. The van der Waals surface area contributed by atoms with Crippen LogP contribution in [0.2, 0.25) is 0 Å². The standard InChI is InChI=1S/C29H36N4O/c1-31(2)29(26-9-4-3-5-10-26)17-15-28(16-18-29)22-32(20-25-13-11-23(19-30)12-14-25)27(34)33(28)21-24-7-6-8-24/h3-5,9-14,24H,6-8,15-18,20-22H2,1-2H3/t28-,29+. The maximum absolute atomic E-state index is 13.7. The van der Waals surface area contributed by atoms with E-state index >= 15 is 0 Å². The third kappa shape index (κ3) is 3.99. The Labute approximate surface area is 204 Å². The number of nitrogens with zero attached hydrogens (tertiary/aromatic N) is 4. The van der Waals surface area contributed by atoms with Crippen LogP contribution in [0.5, 0.6) is 0 Å². The monoisotopic (exact) mass is 456 g/mol. The van der Waals surface area contributed by atoms with E-state index in [4.69, 9.17) is 5.26 Å². The van der Waals surface area contributed by atoms with E-state index in [1.165, 1.54) is 24.8 Å². The van der Waals surface area contributed by atoms with Gasteiger partial charge in [0.2, 0.25) is 0 Å². The van der Waals surface area contributed by atoms with Crippen LogP contribution in [-0.2, 0) is 12.1 Å². The van der Waals surface area contributed by atoms with Crippen molar-refractivity contribution in [3.05, 3.63) is 71.3 Å². The second-order valence-corrected chi connectivity index (χ2v) is 10.9. The van der Waals surface area contributed by atoms with Crippen molar-refractivity contribution >= 4 is 6.03 Å². The van der Waals surface area contributed by atoms with Crippen LogP contribution in [0.25, 0.3) is 0 Å². The number of amides is 2. The largest absolute Gasteiger partial charge is 0.320 e. The fraction of sp³-hybridized carbons (Fsp3) is 0.517. The summed E-state index contributed by atoms with van der Waals surface area (Å²) < 4.78 is 0. The van der Waals surface area contributed by atoms with E-state index in [2.05, 4.69) is 65.2 Å². The van der Waals surface area contributed by atoms with E-state index in [0.717, 1.165) is 44.3 Å². The first-order valence-electron chi connectivity index (χ1n) is 12.7. The second-order valence-electron chi connectivity index (χ2n) is 10.9. The molecule has 34 heavy (non-hydrogen) atoms. The van der Waals surface area contributed by atoms with Crippen LogP contribution in [0.1, 0.15) is 61.6 Å². The number of hydrogen-bond acceptors (Lipinski definition) is 3. The Morgan fingerprint density at radius 3 is 2.24 bits per heavy atom. The lowest BCUT2D eigenvalue weighted by atomic mass is 9.68. The number of benzene rings is 2. The van der Waals surface area contributed by atoms with Crippen molar-refractivity contribution in [2.24, 2.45) is 5.92 Å². The van der Waals surface area contributed by atoms with E-state index < -0.39 is 0 Å². The molecule has 3 fully saturated rings. The molecule has 1 aliphatic heterocycles. The molecule has 0 unspecified atom stereocenters. The molecular formula is C29H36N4O. The van der Waals surface area contributed by atoms with Gasteiger partial charge in [-0.2, -0.15) is 5.26 Å². The zero-order valence-corrected chi connectivity index (χ0v) is 20.5. The van der Waals surface area contributed by atoms with Crippen LogP contribution in [0.3, 0.4) is 0 Å². The van der Waals surface area contributed by atoms with Crippen LogP contribution < -0.4 is 0 Å². The van der Waals surface area contributed by atoms with Gasteiger partial charge < -0.3 is 9.80 Å². The maximum atomic E-state index is 13.7. The highest BCUT2D eigenvalue weighted by atomic mass is 16.2. The normalized spacial score (nSPS) is 27.3. The fourth-order valence-electron chi connectivity index (χ4n) is 6.42. The van der Waals surface area contributed by atoms with Crippen LogP contribution in [0.4, 0.5) is 4.79 Å². The summed E-state index contributed by atoms with van der Waals surface area (Å²) in [6, 6.07) is 21.0. The second kappa shape index (κ2) is 9.07. The fourth-order valence-corrected chi connectivity index (χ4v) is 6.42. The molecule has 0 N–H and O–H groups in total. The lowest BCUT2D eigenvalue weighted by Crippen LogP contribution is -2.56. The average Bonchev–Trinajstić information content (AvgIpc) is 3.08. The molecule has 1 spiro atoms. The van der Waals surface area contributed by atoms with E-state index in [-0.39, 0.29) is 17.1 Å². The van der Waals surface area contributed by atoms with Gasteiger partial charge in [-0.25, -0.2) is 4.79 Å². The summed E-state index contributed by atoms with van der Waals surface area (Å²) in [7, 11) is 4.41. The molecule has 5 heteroatoms. The first-order chi connectivity index (χ1) is 16.5. The Bertz CT molecular complexity index is 1040. The van der Waals surface area contributed by atoms with Crippen LogP contribution in [0.15, 0.2) is 54.6 Å². The van der Waals surface area contributed by atoms with Crippen molar-refractivity contribution < 1.29 is 4.79 Å². The van der Waals surface area contributed by atoms with Crippen LogP contribution in [-0.4, -0.2) is 53.5 Å². The Balaban J connectivity index is 1.39. The minimum atomic E-state index is -0.0758. The van der Waals surface area contributed by atoms with Gasteiger partial charge in [0.15, 0.2) is 0 Å². The molecular weight excluding hydrogens is 420 g/mol. The minimum Gasteiger partial charge on any atom is -0.318 e. The third-order valence-corrected chi connectivity index (χ3v) is 8.86.